The second kappa shape index (κ2) is 7.63. The Balaban J connectivity index is 1.68. The molecule has 1 aromatic heterocycles. The van der Waals surface area contributed by atoms with Gasteiger partial charge in [-0.15, -0.1) is 0 Å². The van der Waals surface area contributed by atoms with E-state index in [4.69, 9.17) is 9.15 Å². The maximum atomic E-state index is 12.8. The number of ether oxygens (including phenoxy) is 1. The zero-order chi connectivity index (χ0) is 19.7. The first kappa shape index (κ1) is 18.5. The Kier molecular flexibility index (Phi) is 5.03. The molecule has 144 valence electrons. The third-order valence-corrected chi connectivity index (χ3v) is 5.65. The highest BCUT2D eigenvalue weighted by atomic mass is 16.5. The smallest absolute Gasteiger partial charge is 0.344 e. The van der Waals surface area contributed by atoms with E-state index in [1.807, 2.05) is 37.3 Å². The van der Waals surface area contributed by atoms with Crippen molar-refractivity contribution in [1.29, 1.82) is 0 Å². The highest BCUT2D eigenvalue weighted by Crippen LogP contribution is 2.29. The molecule has 28 heavy (non-hydrogen) atoms. The van der Waals surface area contributed by atoms with Crippen LogP contribution < -0.4 is 5.63 Å². The molecule has 0 spiro atoms. The largest absolute Gasteiger partial charge is 0.459 e. The Morgan fingerprint density at radius 2 is 1.89 bits per heavy atom. The van der Waals surface area contributed by atoms with Crippen molar-refractivity contribution in [3.63, 3.8) is 0 Å². The van der Waals surface area contributed by atoms with Gasteiger partial charge < -0.3 is 9.15 Å². The van der Waals surface area contributed by atoms with Gasteiger partial charge in [-0.2, -0.15) is 0 Å². The van der Waals surface area contributed by atoms with E-state index in [9.17, 15) is 9.59 Å². The van der Waals surface area contributed by atoms with Crippen LogP contribution in [0.15, 0.2) is 57.7 Å². The van der Waals surface area contributed by atoms with Crippen LogP contribution in [0.4, 0.5) is 0 Å². The molecule has 0 bridgehead atoms. The van der Waals surface area contributed by atoms with Crippen LogP contribution in [-0.2, 0) is 4.74 Å². The monoisotopic (exact) mass is 376 g/mol. The lowest BCUT2D eigenvalue weighted by Gasteiger charge is -2.26. The lowest BCUT2D eigenvalue weighted by molar-refractivity contribution is 0.0154. The van der Waals surface area contributed by atoms with Crippen LogP contribution in [0.2, 0.25) is 0 Å². The summed E-state index contributed by atoms with van der Waals surface area (Å²) in [5, 5.41) is 0.848. The summed E-state index contributed by atoms with van der Waals surface area (Å²) in [6, 6.07) is 14.6. The third kappa shape index (κ3) is 3.59. The lowest BCUT2D eigenvalue weighted by Crippen LogP contribution is -2.25. The first-order chi connectivity index (χ1) is 13.5. The quantitative estimate of drug-likeness (QED) is 0.447. The Morgan fingerprint density at radius 1 is 1.07 bits per heavy atom. The van der Waals surface area contributed by atoms with Gasteiger partial charge >= 0.3 is 11.6 Å². The summed E-state index contributed by atoms with van der Waals surface area (Å²) < 4.78 is 11.2. The van der Waals surface area contributed by atoms with Gasteiger partial charge in [0, 0.05) is 5.39 Å². The molecule has 4 rings (SSSR count). The first-order valence-electron chi connectivity index (χ1n) is 9.87. The van der Waals surface area contributed by atoms with Gasteiger partial charge in [0.2, 0.25) is 0 Å². The molecule has 1 saturated carbocycles. The molecule has 2 aromatic carbocycles. The Morgan fingerprint density at radius 3 is 2.71 bits per heavy atom. The fourth-order valence-electron chi connectivity index (χ4n) is 4.10. The maximum Gasteiger partial charge on any atom is 0.344 e. The van der Waals surface area contributed by atoms with Gasteiger partial charge in [-0.25, -0.2) is 9.59 Å². The molecular weight excluding hydrogens is 352 g/mol. The average Bonchev–Trinajstić information content (AvgIpc) is 2.68. The highest BCUT2D eigenvalue weighted by Gasteiger charge is 2.24. The molecule has 1 aliphatic rings. The summed E-state index contributed by atoms with van der Waals surface area (Å²) in [4.78, 5) is 25.3. The van der Waals surface area contributed by atoms with Crippen LogP contribution >= 0.6 is 0 Å². The Bertz CT molecular complexity index is 1080. The van der Waals surface area contributed by atoms with Crippen LogP contribution in [0.1, 0.15) is 48.5 Å². The maximum absolute atomic E-state index is 12.8. The molecule has 3 aromatic rings. The van der Waals surface area contributed by atoms with E-state index in [1.54, 1.807) is 18.2 Å². The zero-order valence-electron chi connectivity index (χ0n) is 16.2. The summed E-state index contributed by atoms with van der Waals surface area (Å²) in [7, 11) is 0. The highest BCUT2D eigenvalue weighted by molar-refractivity contribution is 5.94. The van der Waals surface area contributed by atoms with Gasteiger partial charge in [0.25, 0.3) is 0 Å². The Labute approximate surface area is 164 Å². The van der Waals surface area contributed by atoms with Crippen molar-refractivity contribution in [2.45, 2.75) is 45.6 Å². The van der Waals surface area contributed by atoms with Crippen molar-refractivity contribution >= 4 is 16.9 Å². The molecule has 1 heterocycles. The molecule has 0 aliphatic heterocycles. The van der Waals surface area contributed by atoms with Crippen LogP contribution in [0.25, 0.3) is 22.1 Å². The van der Waals surface area contributed by atoms with Gasteiger partial charge in [0.1, 0.15) is 11.7 Å². The summed E-state index contributed by atoms with van der Waals surface area (Å²) in [5.41, 5.74) is 2.54. The second-order valence-electron chi connectivity index (χ2n) is 7.76. The fraction of sp³-hybridized carbons (Fsp3) is 0.333. The van der Waals surface area contributed by atoms with E-state index < -0.39 is 5.63 Å². The number of carbonyl (C=O) groups excluding carboxylic acids is 1. The number of hydrogen-bond acceptors (Lipinski definition) is 4. The normalized spacial score (nSPS) is 19.5. The molecular formula is C24H24O4. The fourth-order valence-corrected chi connectivity index (χ4v) is 4.10. The lowest BCUT2D eigenvalue weighted by atomic mass is 9.88. The minimum atomic E-state index is -0.409. The molecule has 2 atom stereocenters. The van der Waals surface area contributed by atoms with E-state index >= 15 is 0 Å². The van der Waals surface area contributed by atoms with Crippen molar-refractivity contribution in [3.05, 3.63) is 70.1 Å². The minimum absolute atomic E-state index is 0.0231. The number of fused-ring (bicyclic) bond motifs is 1. The van der Waals surface area contributed by atoms with Gasteiger partial charge in [-0.3, -0.25) is 0 Å². The van der Waals surface area contributed by atoms with E-state index in [0.717, 1.165) is 30.2 Å². The average molecular weight is 376 g/mol. The van der Waals surface area contributed by atoms with Crippen LogP contribution in [0.3, 0.4) is 0 Å². The van der Waals surface area contributed by atoms with Crippen molar-refractivity contribution in [1.82, 2.24) is 0 Å². The minimum Gasteiger partial charge on any atom is -0.459 e. The Hall–Kier alpha value is -2.88. The van der Waals surface area contributed by atoms with Crippen LogP contribution in [-0.4, -0.2) is 12.1 Å². The van der Waals surface area contributed by atoms with Gasteiger partial charge in [0.05, 0.1) is 11.1 Å². The second-order valence-corrected chi connectivity index (χ2v) is 7.76. The standard InChI is InChI=1S/C24H24O4/c1-15-7-5-9-18(13-15)27-23(25)20-11-6-10-19(16(20)2)21-14-17-8-3-4-12-22(17)28-24(21)26/h3-4,6,8,10-12,14-15,18H,5,7,9,13H2,1-2H3/t15-,18-/m0/s1. The van der Waals surface area contributed by atoms with Gasteiger partial charge in [0.15, 0.2) is 0 Å². The summed E-state index contributed by atoms with van der Waals surface area (Å²) >= 11 is 0. The van der Waals surface area contributed by atoms with E-state index in [1.165, 1.54) is 6.42 Å². The first-order valence-corrected chi connectivity index (χ1v) is 9.87. The van der Waals surface area contributed by atoms with Crippen molar-refractivity contribution < 1.29 is 13.9 Å². The molecule has 4 heteroatoms. The predicted molar refractivity (Wildman–Crippen MR) is 109 cm³/mol. The van der Waals surface area contributed by atoms with Crippen molar-refractivity contribution in [2.75, 3.05) is 0 Å². The van der Waals surface area contributed by atoms with Crippen LogP contribution in [0, 0.1) is 12.8 Å². The van der Waals surface area contributed by atoms with E-state index in [-0.39, 0.29) is 12.1 Å². The molecule has 0 radical (unpaired) electrons. The number of para-hydroxylation sites is 1. The van der Waals surface area contributed by atoms with Crippen LogP contribution in [0.5, 0.6) is 0 Å². The summed E-state index contributed by atoms with van der Waals surface area (Å²) in [6.07, 6.45) is 4.10. The van der Waals surface area contributed by atoms with Gasteiger partial charge in [-0.05, 0) is 61.4 Å². The SMILES string of the molecule is Cc1c(C(=O)O[C@H]2CCC[C@H](C)C2)cccc1-c1cc2ccccc2oc1=O. The number of benzene rings is 2. The molecule has 0 amide bonds. The molecule has 1 aliphatic carbocycles. The summed E-state index contributed by atoms with van der Waals surface area (Å²) in [6.45, 7) is 4.05. The van der Waals surface area contributed by atoms with Gasteiger partial charge in [-0.1, -0.05) is 43.7 Å². The number of esters is 1. The number of carbonyl (C=O) groups is 1. The zero-order valence-corrected chi connectivity index (χ0v) is 16.2. The molecule has 4 nitrogen and oxygen atoms in total. The molecule has 1 fully saturated rings. The molecule has 0 unspecified atom stereocenters. The molecule has 0 N–H and O–H groups in total. The van der Waals surface area contributed by atoms with Crippen molar-refractivity contribution in [3.8, 4) is 11.1 Å². The number of hydrogen-bond donors (Lipinski definition) is 0. The van der Waals surface area contributed by atoms with E-state index in [0.29, 0.717) is 28.2 Å². The predicted octanol–water partition coefficient (Wildman–Crippen LogP) is 5.50. The van der Waals surface area contributed by atoms with Crippen molar-refractivity contribution in [2.24, 2.45) is 5.92 Å². The topological polar surface area (TPSA) is 56.5 Å². The number of rotatable bonds is 3. The summed E-state index contributed by atoms with van der Waals surface area (Å²) in [5.74, 6) is 0.268. The van der Waals surface area contributed by atoms with E-state index in [2.05, 4.69) is 6.92 Å². The molecule has 0 saturated heterocycles. The third-order valence-electron chi connectivity index (χ3n) is 5.65.